The molecule has 4 amide bonds. The van der Waals surface area contributed by atoms with E-state index in [2.05, 4.69) is 16.0 Å². The van der Waals surface area contributed by atoms with E-state index < -0.39 is 116 Å². The van der Waals surface area contributed by atoms with E-state index in [1.807, 2.05) is 6.92 Å². The van der Waals surface area contributed by atoms with Crippen LogP contribution in [0.2, 0.25) is 0 Å². The Hall–Kier alpha value is -3.05. The number of hydrogen-bond acceptors (Lipinski definition) is 15. The van der Waals surface area contributed by atoms with Gasteiger partial charge in [0.1, 0.15) is 48.8 Å². The quantitative estimate of drug-likeness (QED) is 0.0679. The summed E-state index contributed by atoms with van der Waals surface area (Å²) < 4.78 is 31.7. The van der Waals surface area contributed by atoms with E-state index >= 15 is 0 Å². The van der Waals surface area contributed by atoms with Gasteiger partial charge in [-0.3, -0.25) is 24.0 Å². The van der Waals surface area contributed by atoms with Crippen LogP contribution >= 0.6 is 0 Å². The predicted molar refractivity (Wildman–Crippen MR) is 212 cm³/mol. The minimum absolute atomic E-state index is 0.0101. The monoisotopic (exact) mass is 872 g/mol. The Balaban J connectivity index is 1.41. The summed E-state index contributed by atoms with van der Waals surface area (Å²) in [5, 5.41) is 71.2. The lowest BCUT2D eigenvalue weighted by molar-refractivity contribution is -0.338. The Labute approximate surface area is 356 Å². The zero-order chi connectivity index (χ0) is 44.4. The summed E-state index contributed by atoms with van der Waals surface area (Å²) >= 11 is 0. The largest absolute Gasteiger partial charge is 0.481 e. The molecule has 0 spiro atoms. The van der Waals surface area contributed by atoms with E-state index in [9.17, 15) is 49.5 Å². The van der Waals surface area contributed by atoms with Gasteiger partial charge < -0.3 is 75.2 Å². The Bertz CT molecular complexity index is 1470. The molecule has 3 saturated heterocycles. The molecule has 3 aliphatic heterocycles. The molecule has 9 N–H and O–H groups in total. The van der Waals surface area contributed by atoms with Gasteiger partial charge in [-0.1, -0.05) is 45.4 Å². The highest BCUT2D eigenvalue weighted by atomic mass is 16.7. The van der Waals surface area contributed by atoms with Crippen molar-refractivity contribution >= 4 is 29.6 Å². The number of nitrogens with zero attached hydrogens (tertiary/aromatic N) is 1. The van der Waals surface area contributed by atoms with Crippen LogP contribution in [-0.2, 0) is 47.7 Å². The number of aliphatic hydroxyl groups is 5. The first kappa shape index (κ1) is 49.0. The highest BCUT2D eigenvalue weighted by Gasteiger charge is 2.53. The second kappa shape index (κ2) is 23.0. The van der Waals surface area contributed by atoms with Crippen molar-refractivity contribution in [3.05, 3.63) is 0 Å². The van der Waals surface area contributed by atoms with E-state index in [0.717, 1.165) is 38.5 Å². The van der Waals surface area contributed by atoms with Crippen LogP contribution in [0.25, 0.3) is 0 Å². The lowest BCUT2D eigenvalue weighted by Crippen LogP contribution is -2.67. The summed E-state index contributed by atoms with van der Waals surface area (Å²) in [7, 11) is 0. The first-order valence-corrected chi connectivity index (χ1v) is 22.0. The molecule has 0 aromatic heterocycles. The number of hydrogen-bond donors (Lipinski definition) is 9. The molecule has 20 nitrogen and oxygen atoms in total. The van der Waals surface area contributed by atoms with E-state index in [1.54, 1.807) is 4.90 Å². The molecular weight excluding hydrogens is 804 g/mol. The Morgan fingerprint density at radius 3 is 2.15 bits per heavy atom. The maximum absolute atomic E-state index is 13.9. The number of likely N-dealkylation sites (tertiary alicyclic amines) is 1. The number of carboxylic acid groups (broad SMARTS) is 1. The highest BCUT2D eigenvalue weighted by molar-refractivity contribution is 5.82. The van der Waals surface area contributed by atoms with Gasteiger partial charge in [-0.05, 0) is 44.4 Å². The Morgan fingerprint density at radius 2 is 1.52 bits per heavy atom. The van der Waals surface area contributed by atoms with E-state index in [1.165, 1.54) is 13.8 Å². The summed E-state index contributed by atoms with van der Waals surface area (Å²) in [4.78, 5) is 65.1. The molecule has 0 bridgehead atoms. The maximum atomic E-state index is 13.9. The molecular formula is C41H68N4O16. The average Bonchev–Trinajstić information content (AvgIpc) is 3.21. The minimum Gasteiger partial charge on any atom is -0.481 e. The molecule has 9 unspecified atom stereocenters. The molecule has 3 heterocycles. The van der Waals surface area contributed by atoms with Crippen molar-refractivity contribution in [1.29, 1.82) is 0 Å². The average molecular weight is 873 g/mol. The number of carbonyl (C=O) groups is 5. The smallest absolute Gasteiger partial charge is 0.303 e. The molecule has 5 rings (SSSR count). The van der Waals surface area contributed by atoms with Gasteiger partial charge in [-0.2, -0.15) is 0 Å². The number of aliphatic carboxylic acids is 1. The molecule has 0 radical (unpaired) electrons. The van der Waals surface area contributed by atoms with Gasteiger partial charge in [0, 0.05) is 45.4 Å². The van der Waals surface area contributed by atoms with Crippen LogP contribution in [0.5, 0.6) is 0 Å². The van der Waals surface area contributed by atoms with Crippen LogP contribution in [0.3, 0.4) is 0 Å². The lowest BCUT2D eigenvalue weighted by atomic mass is 9.75. The SMILES string of the molecule is CCC1CC(C(=O)NCCNC(=O)CCC(=O)O)C[C@@H](O[C@@H]2OC(CO)[C@H](O)C(O[C@@H](CC3CCCCC3)C(=O)N3CCC3)C2NC(C)=O)C1O[C@@H]1OC(C)[C@@H](O)C(O)C1O. The highest BCUT2D eigenvalue weighted by Crippen LogP contribution is 2.40. The van der Waals surface area contributed by atoms with Gasteiger partial charge in [0.25, 0.3) is 5.91 Å². The minimum atomic E-state index is -1.66. The van der Waals surface area contributed by atoms with Gasteiger partial charge in [-0.25, -0.2) is 0 Å². The van der Waals surface area contributed by atoms with Crippen LogP contribution in [0.15, 0.2) is 0 Å². The fourth-order valence-electron chi connectivity index (χ4n) is 9.16. The van der Waals surface area contributed by atoms with Crippen molar-refractivity contribution in [2.75, 3.05) is 32.8 Å². The summed E-state index contributed by atoms with van der Waals surface area (Å²) in [5.74, 6) is -3.65. The Morgan fingerprint density at radius 1 is 0.820 bits per heavy atom. The molecule has 0 aromatic carbocycles. The summed E-state index contributed by atoms with van der Waals surface area (Å²) in [6.45, 7) is 5.20. The molecule has 2 saturated carbocycles. The number of aliphatic hydroxyl groups excluding tert-OH is 5. The molecule has 15 atom stereocenters. The zero-order valence-corrected chi connectivity index (χ0v) is 35.5. The van der Waals surface area contributed by atoms with Gasteiger partial charge >= 0.3 is 5.97 Å². The van der Waals surface area contributed by atoms with E-state index in [4.69, 9.17) is 28.8 Å². The third-order valence-electron chi connectivity index (χ3n) is 12.8. The molecule has 20 heteroatoms. The van der Waals surface area contributed by atoms with Crippen LogP contribution in [-0.4, -0.2) is 178 Å². The third-order valence-corrected chi connectivity index (χ3v) is 12.8. The topological polar surface area (TPSA) is 292 Å². The summed E-state index contributed by atoms with van der Waals surface area (Å²) in [6.07, 6.45) is -9.07. The second-order valence-electron chi connectivity index (χ2n) is 17.3. The molecule has 5 fully saturated rings. The number of carboxylic acids is 1. The zero-order valence-electron chi connectivity index (χ0n) is 35.5. The standard InChI is InChI=1S/C41H68N4O16/c1-4-24-18-25(38(55)43-14-13-42-29(48)11-12-30(49)50)19-26(36(24)61-41-35(54)34(53)32(51)21(2)57-41)59-40-31(44-22(3)47)37(33(52)28(20-46)60-40)58-27(39(56)45-15-8-16-45)17-23-9-6-5-7-10-23/h21,23-28,31-37,40-41,46,51-54H,4-20H2,1-3H3,(H,42,48)(H,43,55)(H,44,47)(H,49,50)/t21?,24?,25?,26-,27+,28?,31?,32-,33+,34?,35?,36?,37?,40-,41+/m1/s1. The number of amides is 4. The number of ether oxygens (including phenoxy) is 5. The molecule has 61 heavy (non-hydrogen) atoms. The van der Waals surface area contributed by atoms with Crippen molar-refractivity contribution in [2.24, 2.45) is 17.8 Å². The fraction of sp³-hybridized carbons (Fsp3) is 0.878. The van der Waals surface area contributed by atoms with E-state index in [0.29, 0.717) is 25.9 Å². The predicted octanol–water partition coefficient (Wildman–Crippen LogP) is -1.34. The van der Waals surface area contributed by atoms with Crippen LogP contribution in [0, 0.1) is 17.8 Å². The number of nitrogens with one attached hydrogen (secondary N) is 3. The van der Waals surface area contributed by atoms with Gasteiger partial charge in [0.2, 0.25) is 17.7 Å². The van der Waals surface area contributed by atoms with Crippen LogP contribution in [0.1, 0.15) is 97.8 Å². The van der Waals surface area contributed by atoms with Gasteiger partial charge in [-0.15, -0.1) is 0 Å². The number of rotatable bonds is 19. The molecule has 0 aromatic rings. The Kier molecular flexibility index (Phi) is 18.5. The van der Waals surface area contributed by atoms with Gasteiger partial charge in [0.05, 0.1) is 31.3 Å². The second-order valence-corrected chi connectivity index (χ2v) is 17.3. The molecule has 5 aliphatic rings. The first-order valence-electron chi connectivity index (χ1n) is 22.0. The third kappa shape index (κ3) is 13.0. The summed E-state index contributed by atoms with van der Waals surface area (Å²) in [6, 6.07) is -1.23. The fourth-order valence-corrected chi connectivity index (χ4v) is 9.16. The van der Waals surface area contributed by atoms with Crippen molar-refractivity contribution in [2.45, 2.75) is 177 Å². The first-order chi connectivity index (χ1) is 29.1. The summed E-state index contributed by atoms with van der Waals surface area (Å²) in [5.41, 5.74) is 0. The normalized spacial score (nSPS) is 36.3. The van der Waals surface area contributed by atoms with E-state index in [-0.39, 0.29) is 56.5 Å². The lowest BCUT2D eigenvalue weighted by Gasteiger charge is -2.49. The van der Waals surface area contributed by atoms with Gasteiger partial charge in [0.15, 0.2) is 12.6 Å². The van der Waals surface area contributed by atoms with Crippen molar-refractivity contribution in [3.8, 4) is 0 Å². The molecule has 348 valence electrons. The van der Waals surface area contributed by atoms with Crippen molar-refractivity contribution in [1.82, 2.24) is 20.9 Å². The van der Waals surface area contributed by atoms with Crippen molar-refractivity contribution < 1.29 is 78.3 Å². The molecule has 2 aliphatic carbocycles. The van der Waals surface area contributed by atoms with Crippen LogP contribution in [0.4, 0.5) is 0 Å². The van der Waals surface area contributed by atoms with Crippen molar-refractivity contribution in [3.63, 3.8) is 0 Å². The number of carbonyl (C=O) groups excluding carboxylic acids is 4. The van der Waals surface area contributed by atoms with Crippen LogP contribution < -0.4 is 16.0 Å². The maximum Gasteiger partial charge on any atom is 0.303 e.